The first-order valence-corrected chi connectivity index (χ1v) is 3.97. The quantitative estimate of drug-likeness (QED) is 0.668. The van der Waals surface area contributed by atoms with Gasteiger partial charge in [-0.05, 0) is 19.9 Å². The van der Waals surface area contributed by atoms with E-state index in [1.165, 1.54) is 0 Å². The Labute approximate surface area is 72.0 Å². The maximum Gasteiger partial charge on any atom is 0.106 e. The summed E-state index contributed by atoms with van der Waals surface area (Å²) in [5.74, 6) is 0. The fourth-order valence-electron chi connectivity index (χ4n) is 1.10. The molecule has 1 heterocycles. The Bertz CT molecular complexity index is 255. The molecule has 1 unspecified atom stereocenters. The molecule has 4 nitrogen and oxygen atoms in total. The van der Waals surface area contributed by atoms with Gasteiger partial charge in [-0.1, -0.05) is 0 Å². The molecule has 0 aromatic carbocycles. The van der Waals surface area contributed by atoms with Crippen LogP contribution in [0.25, 0.3) is 0 Å². The van der Waals surface area contributed by atoms with Gasteiger partial charge in [0.1, 0.15) is 5.60 Å². The number of imidazole rings is 1. The molecule has 0 saturated heterocycles. The minimum Gasteiger partial charge on any atom is -0.384 e. The largest absolute Gasteiger partial charge is 0.384 e. The third-order valence-corrected chi connectivity index (χ3v) is 1.89. The zero-order valence-electron chi connectivity index (χ0n) is 7.49. The molecule has 0 radical (unpaired) electrons. The smallest absolute Gasteiger partial charge is 0.106 e. The molecule has 0 spiro atoms. The summed E-state index contributed by atoms with van der Waals surface area (Å²) in [6.07, 6.45) is 4.00. The number of hydrogen-bond acceptors (Lipinski definition) is 3. The minimum atomic E-state index is -0.893. The first kappa shape index (κ1) is 9.22. The van der Waals surface area contributed by atoms with Gasteiger partial charge in [-0.25, -0.2) is 4.98 Å². The van der Waals surface area contributed by atoms with E-state index in [0.29, 0.717) is 18.7 Å². The maximum absolute atomic E-state index is 9.84. The number of rotatable bonds is 3. The lowest BCUT2D eigenvalue weighted by Crippen LogP contribution is -2.25. The standard InChI is InChI=1S/C8H15N3O/c1-8(12,3-4-9)7-5-11(2)6-10-7/h5-6,12H,3-4,9H2,1-2H3. The zero-order valence-corrected chi connectivity index (χ0v) is 7.49. The van der Waals surface area contributed by atoms with Crippen LogP contribution in [0.5, 0.6) is 0 Å². The number of hydrogen-bond donors (Lipinski definition) is 2. The third-order valence-electron chi connectivity index (χ3n) is 1.89. The number of nitrogens with two attached hydrogens (primary N) is 1. The van der Waals surface area contributed by atoms with Gasteiger partial charge in [0, 0.05) is 13.2 Å². The van der Waals surface area contributed by atoms with E-state index >= 15 is 0 Å². The molecule has 1 rings (SSSR count). The Balaban J connectivity index is 2.81. The molecule has 0 aliphatic heterocycles. The van der Waals surface area contributed by atoms with Crippen molar-refractivity contribution in [3.05, 3.63) is 18.2 Å². The molecule has 0 aliphatic carbocycles. The van der Waals surface area contributed by atoms with Crippen molar-refractivity contribution in [3.8, 4) is 0 Å². The van der Waals surface area contributed by atoms with Gasteiger partial charge in [-0.3, -0.25) is 0 Å². The van der Waals surface area contributed by atoms with Gasteiger partial charge in [0.05, 0.1) is 12.0 Å². The molecule has 1 atom stereocenters. The zero-order chi connectivity index (χ0) is 9.19. The van der Waals surface area contributed by atoms with Gasteiger partial charge in [-0.15, -0.1) is 0 Å². The second-order valence-electron chi connectivity index (χ2n) is 3.24. The highest BCUT2D eigenvalue weighted by Gasteiger charge is 2.24. The normalized spacial score (nSPS) is 16.0. The van der Waals surface area contributed by atoms with E-state index in [2.05, 4.69) is 4.98 Å². The first-order chi connectivity index (χ1) is 5.56. The highest BCUT2D eigenvalue weighted by molar-refractivity contribution is 5.07. The summed E-state index contributed by atoms with van der Waals surface area (Å²) in [6, 6.07) is 0. The molecule has 68 valence electrons. The van der Waals surface area contributed by atoms with Gasteiger partial charge in [0.25, 0.3) is 0 Å². The van der Waals surface area contributed by atoms with Crippen molar-refractivity contribution in [2.24, 2.45) is 12.8 Å². The predicted molar refractivity (Wildman–Crippen MR) is 46.5 cm³/mol. The van der Waals surface area contributed by atoms with Crippen LogP contribution in [0.2, 0.25) is 0 Å². The highest BCUT2D eigenvalue weighted by Crippen LogP contribution is 2.21. The molecular weight excluding hydrogens is 154 g/mol. The van der Waals surface area contributed by atoms with E-state index in [-0.39, 0.29) is 0 Å². The van der Waals surface area contributed by atoms with Crippen LogP contribution in [0.1, 0.15) is 19.0 Å². The molecule has 0 amide bonds. The van der Waals surface area contributed by atoms with Crippen LogP contribution in [0.3, 0.4) is 0 Å². The van der Waals surface area contributed by atoms with E-state index in [1.54, 1.807) is 24.0 Å². The average molecular weight is 169 g/mol. The second-order valence-corrected chi connectivity index (χ2v) is 3.24. The lowest BCUT2D eigenvalue weighted by atomic mass is 9.99. The Morgan fingerprint density at radius 1 is 1.75 bits per heavy atom. The van der Waals surface area contributed by atoms with Crippen LogP contribution in [-0.4, -0.2) is 21.2 Å². The van der Waals surface area contributed by atoms with Crippen molar-refractivity contribution in [1.82, 2.24) is 9.55 Å². The van der Waals surface area contributed by atoms with Crippen LogP contribution in [0, 0.1) is 0 Å². The summed E-state index contributed by atoms with van der Waals surface area (Å²) >= 11 is 0. The fraction of sp³-hybridized carbons (Fsp3) is 0.625. The summed E-state index contributed by atoms with van der Waals surface area (Å²) in [4.78, 5) is 4.06. The topological polar surface area (TPSA) is 64.1 Å². The molecule has 3 N–H and O–H groups in total. The molecule has 0 bridgehead atoms. The van der Waals surface area contributed by atoms with E-state index in [1.807, 2.05) is 7.05 Å². The number of aryl methyl sites for hydroxylation is 1. The molecule has 1 aromatic heterocycles. The van der Waals surface area contributed by atoms with Crippen molar-refractivity contribution < 1.29 is 5.11 Å². The average Bonchev–Trinajstić information content (AvgIpc) is 2.36. The third kappa shape index (κ3) is 1.84. The van der Waals surface area contributed by atoms with Crippen molar-refractivity contribution in [3.63, 3.8) is 0 Å². The van der Waals surface area contributed by atoms with Gasteiger partial charge < -0.3 is 15.4 Å². The van der Waals surface area contributed by atoms with E-state index in [4.69, 9.17) is 5.73 Å². The summed E-state index contributed by atoms with van der Waals surface area (Å²) < 4.78 is 1.81. The lowest BCUT2D eigenvalue weighted by molar-refractivity contribution is 0.0462. The number of aromatic nitrogens is 2. The van der Waals surface area contributed by atoms with Crippen molar-refractivity contribution >= 4 is 0 Å². The van der Waals surface area contributed by atoms with Crippen LogP contribution in [-0.2, 0) is 12.6 Å². The summed E-state index contributed by atoms with van der Waals surface area (Å²) in [5.41, 5.74) is 5.15. The van der Waals surface area contributed by atoms with E-state index in [9.17, 15) is 5.11 Å². The monoisotopic (exact) mass is 169 g/mol. The van der Waals surface area contributed by atoms with Crippen molar-refractivity contribution in [2.75, 3.05) is 6.54 Å². The summed E-state index contributed by atoms with van der Waals surface area (Å²) in [7, 11) is 1.87. The Hall–Kier alpha value is -0.870. The molecule has 0 aliphatic rings. The van der Waals surface area contributed by atoms with Gasteiger partial charge >= 0.3 is 0 Å². The Morgan fingerprint density at radius 2 is 2.42 bits per heavy atom. The van der Waals surface area contributed by atoms with Crippen LogP contribution in [0.15, 0.2) is 12.5 Å². The molecule has 0 fully saturated rings. The summed E-state index contributed by atoms with van der Waals surface area (Å²) in [5, 5.41) is 9.84. The Morgan fingerprint density at radius 3 is 2.83 bits per heavy atom. The number of nitrogens with zero attached hydrogens (tertiary/aromatic N) is 2. The van der Waals surface area contributed by atoms with E-state index in [0.717, 1.165) is 0 Å². The van der Waals surface area contributed by atoms with Crippen LogP contribution >= 0.6 is 0 Å². The predicted octanol–water partition coefficient (Wildman–Crippen LogP) is -0.0236. The molecule has 12 heavy (non-hydrogen) atoms. The van der Waals surface area contributed by atoms with Gasteiger partial charge in [0.2, 0.25) is 0 Å². The lowest BCUT2D eigenvalue weighted by Gasteiger charge is -2.19. The molecule has 1 aromatic rings. The van der Waals surface area contributed by atoms with Crippen LogP contribution < -0.4 is 5.73 Å². The maximum atomic E-state index is 9.84. The van der Waals surface area contributed by atoms with E-state index < -0.39 is 5.60 Å². The molecule has 4 heteroatoms. The van der Waals surface area contributed by atoms with Gasteiger partial charge in [-0.2, -0.15) is 0 Å². The van der Waals surface area contributed by atoms with Crippen LogP contribution in [0.4, 0.5) is 0 Å². The SMILES string of the molecule is Cn1cnc(C(C)(O)CCN)c1. The van der Waals surface area contributed by atoms with Crippen molar-refractivity contribution in [1.29, 1.82) is 0 Å². The first-order valence-electron chi connectivity index (χ1n) is 3.97. The summed E-state index contributed by atoms with van der Waals surface area (Å²) in [6.45, 7) is 2.19. The highest BCUT2D eigenvalue weighted by atomic mass is 16.3. The second kappa shape index (κ2) is 3.25. The van der Waals surface area contributed by atoms with Crippen molar-refractivity contribution in [2.45, 2.75) is 18.9 Å². The fourth-order valence-corrected chi connectivity index (χ4v) is 1.10. The minimum absolute atomic E-state index is 0.462. The molecular formula is C8H15N3O. The van der Waals surface area contributed by atoms with Gasteiger partial charge in [0.15, 0.2) is 0 Å². The molecule has 0 saturated carbocycles. The Kier molecular flexibility index (Phi) is 2.49. The number of aliphatic hydroxyl groups is 1.